The molecule has 0 radical (unpaired) electrons. The molecule has 7 nitrogen and oxygen atoms in total. The maximum atomic E-state index is 12.9. The molecule has 0 aliphatic rings. The molecule has 1 aromatic heterocycles. The highest BCUT2D eigenvalue weighted by atomic mass is 16.5. The standard InChI is InChI=1S/C22H25N3O4/c1-4-12-28-18-11-10-15(14-19(18)29-13-5-2)23-21(26)20-16-8-6-7-9-17(16)22(27)25(3)24-20/h6-11,14H,4-5,12-13H2,1-3H3,(H,23,26). The summed E-state index contributed by atoms with van der Waals surface area (Å²) in [5.41, 5.74) is 0.500. The van der Waals surface area contributed by atoms with Crippen LogP contribution in [0.1, 0.15) is 37.2 Å². The predicted molar refractivity (Wildman–Crippen MR) is 113 cm³/mol. The van der Waals surface area contributed by atoms with Gasteiger partial charge in [-0.1, -0.05) is 32.0 Å². The highest BCUT2D eigenvalue weighted by molar-refractivity contribution is 6.11. The number of aromatic nitrogens is 2. The fourth-order valence-corrected chi connectivity index (χ4v) is 2.90. The minimum Gasteiger partial charge on any atom is -0.490 e. The summed E-state index contributed by atoms with van der Waals surface area (Å²) in [6.07, 6.45) is 1.74. The third-order valence-electron chi connectivity index (χ3n) is 4.30. The van der Waals surface area contributed by atoms with Crippen LogP contribution in [0.4, 0.5) is 5.69 Å². The maximum absolute atomic E-state index is 12.9. The zero-order valence-corrected chi connectivity index (χ0v) is 16.9. The van der Waals surface area contributed by atoms with Crippen molar-refractivity contribution in [2.24, 2.45) is 7.05 Å². The molecule has 1 N–H and O–H groups in total. The molecule has 2 aromatic carbocycles. The van der Waals surface area contributed by atoms with Gasteiger partial charge in [-0.15, -0.1) is 0 Å². The van der Waals surface area contributed by atoms with Gasteiger partial charge in [0.15, 0.2) is 17.2 Å². The molecule has 0 aliphatic carbocycles. The summed E-state index contributed by atoms with van der Waals surface area (Å²) in [4.78, 5) is 25.2. The Labute approximate surface area is 169 Å². The molecule has 7 heteroatoms. The lowest BCUT2D eigenvalue weighted by molar-refractivity contribution is 0.102. The highest BCUT2D eigenvalue weighted by Gasteiger charge is 2.16. The Hall–Kier alpha value is -3.35. The number of benzene rings is 2. The van der Waals surface area contributed by atoms with Crippen LogP contribution >= 0.6 is 0 Å². The van der Waals surface area contributed by atoms with Gasteiger partial charge in [-0.25, -0.2) is 4.68 Å². The molecule has 0 saturated heterocycles. The molecule has 3 rings (SSSR count). The summed E-state index contributed by atoms with van der Waals surface area (Å²) in [6, 6.07) is 12.2. The Kier molecular flexibility index (Phi) is 6.49. The van der Waals surface area contributed by atoms with Gasteiger partial charge in [0, 0.05) is 24.2 Å². The zero-order chi connectivity index (χ0) is 20.8. The normalized spacial score (nSPS) is 10.7. The quantitative estimate of drug-likeness (QED) is 0.628. The van der Waals surface area contributed by atoms with E-state index in [1.807, 2.05) is 13.8 Å². The Morgan fingerprint density at radius 3 is 2.34 bits per heavy atom. The molecule has 0 fully saturated rings. The van der Waals surface area contributed by atoms with E-state index in [1.165, 1.54) is 11.7 Å². The molecule has 0 aliphatic heterocycles. The SMILES string of the molecule is CCCOc1ccc(NC(=O)c2nn(C)c(=O)c3ccccc23)cc1OCCC. The van der Waals surface area contributed by atoms with Crippen molar-refractivity contribution in [2.45, 2.75) is 26.7 Å². The van der Waals surface area contributed by atoms with E-state index in [9.17, 15) is 9.59 Å². The van der Waals surface area contributed by atoms with E-state index >= 15 is 0 Å². The number of hydrogen-bond acceptors (Lipinski definition) is 5. The number of carbonyl (C=O) groups is 1. The van der Waals surface area contributed by atoms with Gasteiger partial charge in [0.2, 0.25) is 0 Å². The third-order valence-corrected chi connectivity index (χ3v) is 4.30. The molecule has 0 spiro atoms. The van der Waals surface area contributed by atoms with Gasteiger partial charge in [-0.3, -0.25) is 9.59 Å². The van der Waals surface area contributed by atoms with Crippen molar-refractivity contribution in [3.8, 4) is 11.5 Å². The first-order chi connectivity index (χ1) is 14.0. The number of hydrogen-bond donors (Lipinski definition) is 1. The molecular weight excluding hydrogens is 370 g/mol. The summed E-state index contributed by atoms with van der Waals surface area (Å²) in [5, 5.41) is 7.97. The van der Waals surface area contributed by atoms with Crippen LogP contribution < -0.4 is 20.3 Å². The molecular formula is C22H25N3O4. The van der Waals surface area contributed by atoms with Crippen LogP contribution in [0.2, 0.25) is 0 Å². The van der Waals surface area contributed by atoms with E-state index in [0.29, 0.717) is 41.2 Å². The molecule has 29 heavy (non-hydrogen) atoms. The topological polar surface area (TPSA) is 82.5 Å². The predicted octanol–water partition coefficient (Wildman–Crippen LogP) is 3.76. The van der Waals surface area contributed by atoms with E-state index in [1.54, 1.807) is 42.5 Å². The van der Waals surface area contributed by atoms with Crippen LogP contribution in [-0.2, 0) is 7.05 Å². The largest absolute Gasteiger partial charge is 0.490 e. The number of ether oxygens (including phenoxy) is 2. The summed E-state index contributed by atoms with van der Waals surface area (Å²) < 4.78 is 12.7. The molecule has 3 aromatic rings. The Morgan fingerprint density at radius 1 is 1.00 bits per heavy atom. The minimum absolute atomic E-state index is 0.185. The van der Waals surface area contributed by atoms with Gasteiger partial charge < -0.3 is 14.8 Å². The third kappa shape index (κ3) is 4.56. The number of aryl methyl sites for hydroxylation is 1. The van der Waals surface area contributed by atoms with E-state index < -0.39 is 5.91 Å². The van der Waals surface area contributed by atoms with Crippen LogP contribution in [0.5, 0.6) is 11.5 Å². The first-order valence-corrected chi connectivity index (χ1v) is 9.72. The van der Waals surface area contributed by atoms with E-state index in [4.69, 9.17) is 9.47 Å². The summed E-state index contributed by atoms with van der Waals surface area (Å²) >= 11 is 0. The van der Waals surface area contributed by atoms with E-state index in [0.717, 1.165) is 12.8 Å². The number of carbonyl (C=O) groups excluding carboxylic acids is 1. The number of nitrogens with one attached hydrogen (secondary N) is 1. The second-order valence-corrected chi connectivity index (χ2v) is 6.64. The minimum atomic E-state index is -0.402. The average Bonchev–Trinajstić information content (AvgIpc) is 2.74. The Bertz CT molecular complexity index is 1080. The highest BCUT2D eigenvalue weighted by Crippen LogP contribution is 2.31. The van der Waals surface area contributed by atoms with Gasteiger partial charge in [-0.2, -0.15) is 5.10 Å². The van der Waals surface area contributed by atoms with Gasteiger partial charge in [0.25, 0.3) is 11.5 Å². The first-order valence-electron chi connectivity index (χ1n) is 9.72. The van der Waals surface area contributed by atoms with Crippen molar-refractivity contribution in [3.05, 3.63) is 58.5 Å². The molecule has 1 amide bonds. The zero-order valence-electron chi connectivity index (χ0n) is 16.9. The van der Waals surface area contributed by atoms with E-state index in [-0.39, 0.29) is 11.3 Å². The number of nitrogens with zero attached hydrogens (tertiary/aromatic N) is 2. The van der Waals surface area contributed by atoms with Crippen LogP contribution in [0.25, 0.3) is 10.8 Å². The molecule has 0 atom stereocenters. The van der Waals surface area contributed by atoms with Gasteiger partial charge in [0.1, 0.15) is 0 Å². The van der Waals surface area contributed by atoms with Gasteiger partial charge in [-0.05, 0) is 31.0 Å². The van der Waals surface area contributed by atoms with E-state index in [2.05, 4.69) is 10.4 Å². The van der Waals surface area contributed by atoms with Crippen molar-refractivity contribution >= 4 is 22.4 Å². The number of anilines is 1. The van der Waals surface area contributed by atoms with Crippen molar-refractivity contribution in [2.75, 3.05) is 18.5 Å². The lowest BCUT2D eigenvalue weighted by atomic mass is 10.1. The number of rotatable bonds is 8. The smallest absolute Gasteiger partial charge is 0.276 e. The van der Waals surface area contributed by atoms with Crippen LogP contribution in [0, 0.1) is 0 Å². The van der Waals surface area contributed by atoms with Crippen LogP contribution in [0.15, 0.2) is 47.3 Å². The molecule has 0 saturated carbocycles. The second kappa shape index (κ2) is 9.23. The number of fused-ring (bicyclic) bond motifs is 1. The number of amides is 1. The van der Waals surface area contributed by atoms with Gasteiger partial charge in [0.05, 0.1) is 18.6 Å². The summed E-state index contributed by atoms with van der Waals surface area (Å²) in [7, 11) is 1.53. The Balaban J connectivity index is 1.92. The van der Waals surface area contributed by atoms with Crippen molar-refractivity contribution in [1.82, 2.24) is 9.78 Å². The van der Waals surface area contributed by atoms with Crippen LogP contribution in [0.3, 0.4) is 0 Å². The molecule has 152 valence electrons. The lowest BCUT2D eigenvalue weighted by Gasteiger charge is -2.14. The Morgan fingerprint density at radius 2 is 1.66 bits per heavy atom. The van der Waals surface area contributed by atoms with Crippen molar-refractivity contribution < 1.29 is 14.3 Å². The van der Waals surface area contributed by atoms with Crippen molar-refractivity contribution in [1.29, 1.82) is 0 Å². The molecule has 0 unspecified atom stereocenters. The maximum Gasteiger partial charge on any atom is 0.276 e. The first kappa shape index (κ1) is 20.4. The fourth-order valence-electron chi connectivity index (χ4n) is 2.90. The average molecular weight is 395 g/mol. The van der Waals surface area contributed by atoms with Gasteiger partial charge >= 0.3 is 0 Å². The summed E-state index contributed by atoms with van der Waals surface area (Å²) in [6.45, 7) is 5.19. The fraction of sp³-hybridized carbons (Fsp3) is 0.318. The molecule has 1 heterocycles. The summed E-state index contributed by atoms with van der Waals surface area (Å²) in [5.74, 6) is 0.820. The lowest BCUT2D eigenvalue weighted by Crippen LogP contribution is -2.25. The monoisotopic (exact) mass is 395 g/mol. The van der Waals surface area contributed by atoms with Crippen LogP contribution in [-0.4, -0.2) is 28.9 Å². The second-order valence-electron chi connectivity index (χ2n) is 6.64. The molecule has 0 bridgehead atoms. The van der Waals surface area contributed by atoms with Crippen molar-refractivity contribution in [3.63, 3.8) is 0 Å².